The van der Waals surface area contributed by atoms with Crippen LogP contribution in [-0.4, -0.2) is 29.9 Å². The molecule has 0 saturated carbocycles. The molecule has 1 N–H and O–H groups in total. The number of thiazole rings is 1. The lowest BCUT2D eigenvalue weighted by molar-refractivity contribution is 0.0594. The van der Waals surface area contributed by atoms with E-state index in [0.29, 0.717) is 6.61 Å². The average molecular weight is 187 g/mol. The monoisotopic (exact) mass is 187 g/mol. The van der Waals surface area contributed by atoms with Crippen molar-refractivity contribution in [2.24, 2.45) is 0 Å². The van der Waals surface area contributed by atoms with Crippen LogP contribution in [-0.2, 0) is 11.2 Å². The molecule has 0 aliphatic rings. The molecule has 3 nitrogen and oxygen atoms in total. The van der Waals surface area contributed by atoms with Gasteiger partial charge in [0.2, 0.25) is 0 Å². The summed E-state index contributed by atoms with van der Waals surface area (Å²) in [4.78, 5) is 4.11. The van der Waals surface area contributed by atoms with Crippen LogP contribution < -0.4 is 0 Å². The maximum atomic E-state index is 9.30. The maximum absolute atomic E-state index is 9.30. The second kappa shape index (κ2) is 5.24. The van der Waals surface area contributed by atoms with Crippen LogP contribution >= 0.6 is 11.3 Å². The normalized spacial score (nSPS) is 13.2. The van der Waals surface area contributed by atoms with E-state index in [9.17, 15) is 5.11 Å². The molecule has 0 fully saturated rings. The summed E-state index contributed by atoms with van der Waals surface area (Å²) in [5.41, 5.74) is 2.85. The number of aliphatic hydroxyl groups is 1. The van der Waals surface area contributed by atoms with E-state index in [1.165, 1.54) is 0 Å². The van der Waals surface area contributed by atoms with Gasteiger partial charge in [-0.3, -0.25) is 0 Å². The van der Waals surface area contributed by atoms with Gasteiger partial charge in [0.25, 0.3) is 0 Å². The van der Waals surface area contributed by atoms with Gasteiger partial charge >= 0.3 is 0 Å². The first-order chi connectivity index (χ1) is 5.83. The summed E-state index contributed by atoms with van der Waals surface area (Å²) in [6, 6.07) is 0. The number of ether oxygens (including phenoxy) is 1. The molecule has 1 aromatic rings. The number of methoxy groups -OCH3 is 1. The molecule has 1 aromatic heterocycles. The van der Waals surface area contributed by atoms with Crippen LogP contribution in [0.5, 0.6) is 0 Å². The number of aromatic nitrogens is 1. The number of rotatable bonds is 5. The molecule has 0 bridgehead atoms. The molecule has 1 rings (SSSR count). The van der Waals surface area contributed by atoms with Gasteiger partial charge in [0.1, 0.15) is 0 Å². The van der Waals surface area contributed by atoms with Crippen molar-refractivity contribution >= 4 is 11.3 Å². The summed E-state index contributed by atoms with van der Waals surface area (Å²) < 4.78 is 4.81. The molecule has 12 heavy (non-hydrogen) atoms. The van der Waals surface area contributed by atoms with Crippen molar-refractivity contribution in [2.75, 3.05) is 13.7 Å². The predicted octanol–water partition coefficient (Wildman–Crippen LogP) is 1.08. The van der Waals surface area contributed by atoms with Crippen molar-refractivity contribution in [1.82, 2.24) is 4.98 Å². The molecule has 1 unspecified atom stereocenters. The molecule has 0 aliphatic carbocycles. The second-order valence-corrected chi connectivity index (χ2v) is 3.35. The molecule has 0 spiro atoms. The van der Waals surface area contributed by atoms with Gasteiger partial charge in [-0.1, -0.05) is 0 Å². The fraction of sp³-hybridized carbons (Fsp3) is 0.625. The summed E-state index contributed by atoms with van der Waals surface area (Å²) in [5, 5.41) is 11.3. The Morgan fingerprint density at radius 3 is 3.17 bits per heavy atom. The van der Waals surface area contributed by atoms with Crippen LogP contribution in [0.3, 0.4) is 0 Å². The zero-order chi connectivity index (χ0) is 8.81. The van der Waals surface area contributed by atoms with Crippen LogP contribution in [0, 0.1) is 0 Å². The predicted molar refractivity (Wildman–Crippen MR) is 48.3 cm³/mol. The highest BCUT2D eigenvalue weighted by Crippen LogP contribution is 2.05. The Morgan fingerprint density at radius 1 is 1.75 bits per heavy atom. The third-order valence-corrected chi connectivity index (χ3v) is 2.21. The van der Waals surface area contributed by atoms with Gasteiger partial charge in [-0.25, -0.2) is 4.98 Å². The number of aryl methyl sites for hydroxylation is 1. The minimum atomic E-state index is -0.364. The highest BCUT2D eigenvalue weighted by molar-refractivity contribution is 7.07. The molecule has 1 atom stereocenters. The zero-order valence-corrected chi connectivity index (χ0v) is 7.88. The fourth-order valence-corrected chi connectivity index (χ4v) is 1.54. The van der Waals surface area contributed by atoms with Crippen molar-refractivity contribution in [2.45, 2.75) is 18.9 Å². The molecule has 4 heteroatoms. The summed E-state index contributed by atoms with van der Waals surface area (Å²) in [6.07, 6.45) is 1.18. The van der Waals surface area contributed by atoms with Crippen LogP contribution in [0.25, 0.3) is 0 Å². The highest BCUT2D eigenvalue weighted by atomic mass is 32.1. The lowest BCUT2D eigenvalue weighted by Crippen LogP contribution is -2.14. The van der Waals surface area contributed by atoms with Crippen LogP contribution in [0.4, 0.5) is 0 Å². The molecule has 1 heterocycles. The topological polar surface area (TPSA) is 42.4 Å². The van der Waals surface area contributed by atoms with E-state index in [1.807, 2.05) is 5.38 Å². The minimum absolute atomic E-state index is 0.364. The number of aliphatic hydroxyl groups excluding tert-OH is 1. The van der Waals surface area contributed by atoms with E-state index in [4.69, 9.17) is 4.74 Å². The number of hydrogen-bond acceptors (Lipinski definition) is 4. The third kappa shape index (κ3) is 3.30. The summed E-state index contributed by atoms with van der Waals surface area (Å²) in [6.45, 7) is 0.407. The van der Waals surface area contributed by atoms with Gasteiger partial charge in [-0.15, -0.1) is 11.3 Å². The Balaban J connectivity index is 2.17. The van der Waals surface area contributed by atoms with Gasteiger partial charge < -0.3 is 9.84 Å². The Hall–Kier alpha value is -0.450. The number of nitrogens with zero attached hydrogens (tertiary/aromatic N) is 1. The molecular weight excluding hydrogens is 174 g/mol. The van der Waals surface area contributed by atoms with E-state index in [1.54, 1.807) is 24.0 Å². The van der Waals surface area contributed by atoms with Gasteiger partial charge in [-0.05, 0) is 12.8 Å². The Bertz CT molecular complexity index is 201. The van der Waals surface area contributed by atoms with Crippen LogP contribution in [0.2, 0.25) is 0 Å². The molecule has 68 valence electrons. The molecule has 0 aromatic carbocycles. The van der Waals surface area contributed by atoms with E-state index < -0.39 is 0 Å². The Morgan fingerprint density at radius 2 is 2.58 bits per heavy atom. The lowest BCUT2D eigenvalue weighted by atomic mass is 10.2. The SMILES string of the molecule is COCC(O)CCc1cscn1. The van der Waals surface area contributed by atoms with Crippen LogP contribution in [0.15, 0.2) is 10.9 Å². The summed E-state index contributed by atoms with van der Waals surface area (Å²) in [5.74, 6) is 0. The first-order valence-corrected chi connectivity index (χ1v) is 4.81. The van der Waals surface area contributed by atoms with Crippen LogP contribution in [0.1, 0.15) is 12.1 Å². The first-order valence-electron chi connectivity index (χ1n) is 3.87. The standard InChI is InChI=1S/C8H13NO2S/c1-11-4-8(10)3-2-7-5-12-6-9-7/h5-6,8,10H,2-4H2,1H3. The van der Waals surface area contributed by atoms with Gasteiger partial charge in [0.15, 0.2) is 0 Å². The van der Waals surface area contributed by atoms with Crippen molar-refractivity contribution < 1.29 is 9.84 Å². The first kappa shape index (κ1) is 9.64. The fourth-order valence-electron chi connectivity index (χ4n) is 0.951. The lowest BCUT2D eigenvalue weighted by Gasteiger charge is -2.06. The molecular formula is C8H13NO2S. The molecule has 0 aliphatic heterocycles. The summed E-state index contributed by atoms with van der Waals surface area (Å²) >= 11 is 1.58. The van der Waals surface area contributed by atoms with E-state index in [2.05, 4.69) is 4.98 Å². The zero-order valence-electron chi connectivity index (χ0n) is 7.06. The van der Waals surface area contributed by atoms with E-state index in [0.717, 1.165) is 18.5 Å². The molecule has 0 amide bonds. The smallest absolute Gasteiger partial charge is 0.0794 e. The average Bonchev–Trinajstić information content (AvgIpc) is 2.53. The molecule has 0 radical (unpaired) electrons. The largest absolute Gasteiger partial charge is 0.391 e. The second-order valence-electron chi connectivity index (χ2n) is 2.63. The third-order valence-electron chi connectivity index (χ3n) is 1.58. The Kier molecular flexibility index (Phi) is 4.21. The van der Waals surface area contributed by atoms with Crippen molar-refractivity contribution in [1.29, 1.82) is 0 Å². The highest BCUT2D eigenvalue weighted by Gasteiger charge is 2.04. The summed E-state index contributed by atoms with van der Waals surface area (Å²) in [7, 11) is 1.59. The van der Waals surface area contributed by atoms with Crippen molar-refractivity contribution in [3.8, 4) is 0 Å². The Labute approximate surface area is 76.0 Å². The van der Waals surface area contributed by atoms with Gasteiger partial charge in [-0.2, -0.15) is 0 Å². The van der Waals surface area contributed by atoms with Gasteiger partial charge in [0.05, 0.1) is 23.9 Å². The van der Waals surface area contributed by atoms with E-state index >= 15 is 0 Å². The molecule has 0 saturated heterocycles. The number of hydrogen-bond donors (Lipinski definition) is 1. The van der Waals surface area contributed by atoms with Gasteiger partial charge in [0, 0.05) is 12.5 Å². The maximum Gasteiger partial charge on any atom is 0.0794 e. The minimum Gasteiger partial charge on any atom is -0.391 e. The van der Waals surface area contributed by atoms with E-state index in [-0.39, 0.29) is 6.10 Å². The van der Waals surface area contributed by atoms with Crippen molar-refractivity contribution in [3.63, 3.8) is 0 Å². The van der Waals surface area contributed by atoms with Crippen molar-refractivity contribution in [3.05, 3.63) is 16.6 Å². The quantitative estimate of drug-likeness (QED) is 0.750.